The number of amides is 1. The molecule has 38 heavy (non-hydrogen) atoms. The first-order valence-electron chi connectivity index (χ1n) is 12.2. The topological polar surface area (TPSA) is 55.8 Å². The van der Waals surface area contributed by atoms with Gasteiger partial charge in [-0.2, -0.15) is 0 Å². The number of methoxy groups -OCH3 is 1. The highest BCUT2D eigenvalue weighted by atomic mass is 19.1. The van der Waals surface area contributed by atoms with Crippen LogP contribution < -0.4 is 4.74 Å². The summed E-state index contributed by atoms with van der Waals surface area (Å²) in [6.07, 6.45) is 1.24. The van der Waals surface area contributed by atoms with Gasteiger partial charge in [-0.25, -0.2) is 13.6 Å². The first-order valence-corrected chi connectivity index (χ1v) is 12.2. The minimum atomic E-state index is -0.477. The van der Waals surface area contributed by atoms with Crippen LogP contribution in [-0.2, 0) is 17.7 Å². The fourth-order valence-electron chi connectivity index (χ4n) is 4.01. The Morgan fingerprint density at radius 1 is 0.789 bits per heavy atom. The van der Waals surface area contributed by atoms with E-state index in [-0.39, 0.29) is 17.5 Å². The quantitative estimate of drug-likeness (QED) is 0.218. The van der Waals surface area contributed by atoms with Crippen LogP contribution in [0.3, 0.4) is 0 Å². The van der Waals surface area contributed by atoms with Crippen molar-refractivity contribution < 1.29 is 27.8 Å². The van der Waals surface area contributed by atoms with E-state index in [4.69, 9.17) is 9.47 Å². The summed E-state index contributed by atoms with van der Waals surface area (Å²) in [5.74, 6) is -0.895. The molecular formula is C31H27F2NO4. The summed E-state index contributed by atoms with van der Waals surface area (Å²) in [6, 6.07) is 25.9. The zero-order valence-electron chi connectivity index (χ0n) is 20.9. The van der Waals surface area contributed by atoms with Crippen molar-refractivity contribution in [2.75, 3.05) is 13.7 Å². The smallest absolute Gasteiger partial charge is 0.337 e. The van der Waals surface area contributed by atoms with Crippen molar-refractivity contribution in [2.45, 2.75) is 19.4 Å². The highest BCUT2D eigenvalue weighted by Crippen LogP contribution is 2.25. The van der Waals surface area contributed by atoms with E-state index in [2.05, 4.69) is 0 Å². The Hall–Kier alpha value is -4.52. The van der Waals surface area contributed by atoms with E-state index in [9.17, 15) is 18.4 Å². The number of halogens is 2. The van der Waals surface area contributed by atoms with E-state index in [0.717, 1.165) is 11.1 Å². The summed E-state index contributed by atoms with van der Waals surface area (Å²) in [6.45, 7) is 0.749. The third-order valence-corrected chi connectivity index (χ3v) is 5.98. The molecule has 5 nitrogen and oxygen atoms in total. The van der Waals surface area contributed by atoms with Gasteiger partial charge in [0.05, 0.1) is 12.7 Å². The molecule has 194 valence electrons. The number of ether oxygens (including phenoxy) is 2. The van der Waals surface area contributed by atoms with E-state index in [1.807, 2.05) is 6.07 Å². The van der Waals surface area contributed by atoms with Crippen molar-refractivity contribution in [1.82, 2.24) is 4.90 Å². The highest BCUT2D eigenvalue weighted by molar-refractivity contribution is 5.94. The van der Waals surface area contributed by atoms with Crippen molar-refractivity contribution in [1.29, 1.82) is 0 Å². The SMILES string of the molecule is COC(=O)c1ccc(CN(CCCc2cccc(F)c2)C(=O)c2ccc(Oc3ccccc3F)cc2)cc1. The van der Waals surface area contributed by atoms with E-state index in [1.54, 1.807) is 71.6 Å². The number of hydrogen-bond acceptors (Lipinski definition) is 4. The lowest BCUT2D eigenvalue weighted by Gasteiger charge is -2.23. The van der Waals surface area contributed by atoms with Gasteiger partial charge in [-0.05, 0) is 84.6 Å². The second-order valence-electron chi connectivity index (χ2n) is 8.71. The maximum absolute atomic E-state index is 13.9. The van der Waals surface area contributed by atoms with Gasteiger partial charge in [0.1, 0.15) is 11.6 Å². The predicted octanol–water partition coefficient (Wildman–Crippen LogP) is 6.82. The first-order chi connectivity index (χ1) is 18.4. The summed E-state index contributed by atoms with van der Waals surface area (Å²) in [7, 11) is 1.32. The molecule has 0 unspecified atom stereocenters. The molecule has 4 aromatic carbocycles. The van der Waals surface area contributed by atoms with Crippen molar-refractivity contribution in [3.8, 4) is 11.5 Å². The molecule has 0 aliphatic carbocycles. The summed E-state index contributed by atoms with van der Waals surface area (Å²) >= 11 is 0. The van der Waals surface area contributed by atoms with E-state index >= 15 is 0 Å². The fourth-order valence-corrected chi connectivity index (χ4v) is 4.01. The molecule has 0 aliphatic heterocycles. The van der Waals surface area contributed by atoms with Gasteiger partial charge in [0.2, 0.25) is 0 Å². The highest BCUT2D eigenvalue weighted by Gasteiger charge is 2.17. The standard InChI is InChI=1S/C31H27F2NO4/c1-37-31(36)25-13-11-23(12-14-25)21-34(19-5-7-22-6-4-8-26(32)20-22)30(35)24-15-17-27(18-16-24)38-29-10-3-2-9-28(29)33/h2-4,6,8-18,20H,5,7,19,21H2,1H3. The average molecular weight is 516 g/mol. The van der Waals surface area contributed by atoms with Gasteiger partial charge in [-0.1, -0.05) is 36.4 Å². The zero-order chi connectivity index (χ0) is 26.9. The summed E-state index contributed by atoms with van der Waals surface area (Å²) in [5, 5.41) is 0. The van der Waals surface area contributed by atoms with Crippen LogP contribution in [0.25, 0.3) is 0 Å². The molecule has 0 bridgehead atoms. The molecule has 0 fully saturated rings. The number of carbonyl (C=O) groups excluding carboxylic acids is 2. The van der Waals surface area contributed by atoms with Crippen molar-refractivity contribution in [3.05, 3.63) is 131 Å². The van der Waals surface area contributed by atoms with Gasteiger partial charge >= 0.3 is 5.97 Å². The maximum Gasteiger partial charge on any atom is 0.337 e. The molecule has 0 saturated carbocycles. The Kier molecular flexibility index (Phi) is 8.82. The van der Waals surface area contributed by atoms with Crippen molar-refractivity contribution in [3.63, 3.8) is 0 Å². The van der Waals surface area contributed by atoms with Crippen LogP contribution in [-0.4, -0.2) is 30.4 Å². The summed E-state index contributed by atoms with van der Waals surface area (Å²) in [5.41, 5.74) is 2.57. The predicted molar refractivity (Wildman–Crippen MR) is 140 cm³/mol. The molecule has 0 heterocycles. The zero-order valence-corrected chi connectivity index (χ0v) is 20.9. The Morgan fingerprint density at radius 3 is 2.18 bits per heavy atom. The lowest BCUT2D eigenvalue weighted by molar-refractivity contribution is 0.0600. The number of para-hydroxylation sites is 1. The number of nitrogens with zero attached hydrogens (tertiary/aromatic N) is 1. The van der Waals surface area contributed by atoms with Gasteiger partial charge < -0.3 is 14.4 Å². The lowest BCUT2D eigenvalue weighted by Crippen LogP contribution is -2.31. The Labute approximate surface area is 220 Å². The van der Waals surface area contributed by atoms with Crippen LogP contribution in [0.2, 0.25) is 0 Å². The Balaban J connectivity index is 1.48. The number of rotatable bonds is 10. The van der Waals surface area contributed by atoms with Gasteiger partial charge in [-0.3, -0.25) is 4.79 Å². The largest absolute Gasteiger partial charge is 0.465 e. The van der Waals surface area contributed by atoms with Crippen molar-refractivity contribution in [2.24, 2.45) is 0 Å². The number of carbonyl (C=O) groups is 2. The Morgan fingerprint density at radius 2 is 1.50 bits per heavy atom. The van der Waals surface area contributed by atoms with Gasteiger partial charge in [0.25, 0.3) is 5.91 Å². The van der Waals surface area contributed by atoms with Gasteiger partial charge in [-0.15, -0.1) is 0 Å². The monoisotopic (exact) mass is 515 g/mol. The van der Waals surface area contributed by atoms with Crippen LogP contribution in [0.15, 0.2) is 97.1 Å². The molecule has 0 N–H and O–H groups in total. The third-order valence-electron chi connectivity index (χ3n) is 5.98. The van der Waals surface area contributed by atoms with E-state index < -0.39 is 11.8 Å². The fraction of sp³-hybridized carbons (Fsp3) is 0.161. The molecular weight excluding hydrogens is 488 g/mol. The van der Waals surface area contributed by atoms with Gasteiger partial charge in [0.15, 0.2) is 11.6 Å². The molecule has 0 radical (unpaired) electrons. The average Bonchev–Trinajstić information content (AvgIpc) is 2.94. The molecule has 0 atom stereocenters. The van der Waals surface area contributed by atoms with Crippen LogP contribution in [0.4, 0.5) is 8.78 Å². The number of aryl methyl sites for hydroxylation is 1. The molecule has 4 aromatic rings. The van der Waals surface area contributed by atoms with E-state index in [0.29, 0.717) is 42.8 Å². The molecule has 0 saturated heterocycles. The second kappa shape index (κ2) is 12.6. The first kappa shape index (κ1) is 26.5. The van der Waals surface area contributed by atoms with Crippen LogP contribution in [0.1, 0.15) is 38.3 Å². The number of benzene rings is 4. The summed E-state index contributed by atoms with van der Waals surface area (Å²) < 4.78 is 37.8. The Bertz CT molecular complexity index is 1390. The second-order valence-corrected chi connectivity index (χ2v) is 8.71. The normalized spacial score (nSPS) is 10.6. The molecule has 0 aromatic heterocycles. The molecule has 7 heteroatoms. The third kappa shape index (κ3) is 7.03. The maximum atomic E-state index is 13.9. The summed E-state index contributed by atoms with van der Waals surface area (Å²) in [4.78, 5) is 26.9. The van der Waals surface area contributed by atoms with Crippen LogP contribution >= 0.6 is 0 Å². The van der Waals surface area contributed by atoms with Gasteiger partial charge in [0, 0.05) is 18.7 Å². The molecule has 4 rings (SSSR count). The number of esters is 1. The molecule has 0 aliphatic rings. The lowest BCUT2D eigenvalue weighted by atomic mass is 10.1. The van der Waals surface area contributed by atoms with E-state index in [1.165, 1.54) is 31.4 Å². The molecule has 0 spiro atoms. The minimum absolute atomic E-state index is 0.0981. The van der Waals surface area contributed by atoms with Crippen LogP contribution in [0.5, 0.6) is 11.5 Å². The minimum Gasteiger partial charge on any atom is -0.465 e. The van der Waals surface area contributed by atoms with Crippen molar-refractivity contribution >= 4 is 11.9 Å². The molecule has 1 amide bonds. The van der Waals surface area contributed by atoms with Crippen LogP contribution in [0, 0.1) is 11.6 Å². The number of hydrogen-bond donors (Lipinski definition) is 0.